The quantitative estimate of drug-likeness (QED) is 0.0379. The second kappa shape index (κ2) is 36.1. The standard InChI is InChI=1S/3C23H30F3N5O2S.2ClH/c3*1-29-21(20-15-32-10-11-33-20)27-28-22(29)34-12-2-8-30-13-16-7-9-31(19(16)14-30)18-5-3-17(4-6-18)23(24,25)26;;/h3*3-6,16,19-20H,2,7-15H2,1H3;2*1H/t2*16-,19+,20+;16-,19+,20-;;/m100../s1. The van der Waals surface area contributed by atoms with Crippen LogP contribution in [-0.4, -0.2) is 232 Å². The van der Waals surface area contributed by atoms with Gasteiger partial charge in [-0.15, -0.1) is 55.4 Å². The largest absolute Gasteiger partial charge is 0.416 e. The molecule has 3 aromatic carbocycles. The Morgan fingerprint density at radius 1 is 0.375 bits per heavy atom. The minimum atomic E-state index is -4.29. The van der Waals surface area contributed by atoms with Crippen LogP contribution in [0.1, 0.15) is 91.0 Å². The summed E-state index contributed by atoms with van der Waals surface area (Å²) in [5.41, 5.74) is 0.904. The van der Waals surface area contributed by atoms with Crippen molar-refractivity contribution < 1.29 is 67.9 Å². The fraction of sp³-hybridized carbons (Fsp3) is 0.652. The van der Waals surface area contributed by atoms with Gasteiger partial charge in [0.25, 0.3) is 0 Å². The molecule has 9 atom stereocenters. The van der Waals surface area contributed by atoms with E-state index in [1.165, 1.54) is 36.4 Å². The van der Waals surface area contributed by atoms with Crippen LogP contribution in [0.15, 0.2) is 88.3 Å². The van der Waals surface area contributed by atoms with E-state index in [4.69, 9.17) is 28.4 Å². The highest BCUT2D eigenvalue weighted by atomic mass is 35.5. The molecular formula is C69H92Cl2F9N15O6S3. The molecule has 9 saturated heterocycles. The number of halogens is 11. The number of ether oxygens (including phenoxy) is 6. The summed E-state index contributed by atoms with van der Waals surface area (Å²) in [6.07, 6.45) is -6.97. The van der Waals surface area contributed by atoms with Gasteiger partial charge in [-0.2, -0.15) is 39.5 Å². The first-order chi connectivity index (χ1) is 49.2. The van der Waals surface area contributed by atoms with Gasteiger partial charge in [0.1, 0.15) is 18.3 Å². The predicted molar refractivity (Wildman–Crippen MR) is 383 cm³/mol. The molecule has 0 radical (unpaired) electrons. The molecule has 9 aliphatic heterocycles. The van der Waals surface area contributed by atoms with E-state index in [1.54, 1.807) is 71.7 Å². The first-order valence-corrected chi connectivity index (χ1v) is 38.3. The van der Waals surface area contributed by atoms with Crippen molar-refractivity contribution in [2.45, 2.75) is 109 Å². The van der Waals surface area contributed by atoms with Gasteiger partial charge in [-0.05, 0) is 149 Å². The third-order valence-corrected chi connectivity index (χ3v) is 24.2. The van der Waals surface area contributed by atoms with Crippen molar-refractivity contribution >= 4 is 77.2 Å². The van der Waals surface area contributed by atoms with Crippen LogP contribution in [0.5, 0.6) is 0 Å². The lowest BCUT2D eigenvalue weighted by molar-refractivity contribution is -0.138. The van der Waals surface area contributed by atoms with Crippen LogP contribution in [0.3, 0.4) is 0 Å². The van der Waals surface area contributed by atoms with Crippen LogP contribution in [-0.2, 0) is 68.1 Å². The predicted octanol–water partition coefficient (Wildman–Crippen LogP) is 11.7. The van der Waals surface area contributed by atoms with Crippen molar-refractivity contribution in [2.75, 3.05) is 170 Å². The average molecular weight is 1570 g/mol. The molecule has 0 amide bonds. The fourth-order valence-electron chi connectivity index (χ4n) is 15.6. The Balaban J connectivity index is 0.000000155. The normalized spacial score (nSPS) is 25.3. The van der Waals surface area contributed by atoms with Crippen LogP contribution in [0.25, 0.3) is 0 Å². The Kier molecular flexibility index (Phi) is 27.8. The van der Waals surface area contributed by atoms with E-state index in [9.17, 15) is 39.5 Å². The summed E-state index contributed by atoms with van der Waals surface area (Å²) in [4.78, 5) is 14.3. The Morgan fingerprint density at radius 2 is 0.644 bits per heavy atom. The zero-order valence-corrected chi connectivity index (χ0v) is 62.5. The second-order valence-corrected chi connectivity index (χ2v) is 30.6. The number of anilines is 3. The topological polar surface area (TPSA) is 167 Å². The van der Waals surface area contributed by atoms with Crippen molar-refractivity contribution in [2.24, 2.45) is 38.9 Å². The third-order valence-electron chi connectivity index (χ3n) is 20.9. The summed E-state index contributed by atoms with van der Waals surface area (Å²) >= 11 is 5.10. The summed E-state index contributed by atoms with van der Waals surface area (Å²) in [6.45, 7) is 16.9. The number of nitrogens with zero attached hydrogens (tertiary/aromatic N) is 15. The van der Waals surface area contributed by atoms with Crippen molar-refractivity contribution in [1.82, 2.24) is 59.0 Å². The number of aromatic nitrogens is 9. The van der Waals surface area contributed by atoms with Crippen molar-refractivity contribution in [3.05, 3.63) is 107 Å². The Labute approximate surface area is 625 Å². The van der Waals surface area contributed by atoms with Crippen LogP contribution in [0, 0.1) is 17.8 Å². The highest BCUT2D eigenvalue weighted by Crippen LogP contribution is 2.42. The van der Waals surface area contributed by atoms with E-state index in [0.717, 1.165) is 184 Å². The molecule has 0 N–H and O–H groups in total. The Bertz CT molecular complexity index is 3280. The lowest BCUT2D eigenvalue weighted by Crippen LogP contribution is -2.35. The maximum absolute atomic E-state index is 12.9. The zero-order chi connectivity index (χ0) is 71.1. The molecule has 574 valence electrons. The number of hydrogen-bond donors (Lipinski definition) is 0. The number of benzene rings is 3. The molecular weight excluding hydrogens is 1470 g/mol. The van der Waals surface area contributed by atoms with E-state index < -0.39 is 35.2 Å². The van der Waals surface area contributed by atoms with E-state index in [-0.39, 0.29) is 43.1 Å². The highest BCUT2D eigenvalue weighted by molar-refractivity contribution is 7.99. The van der Waals surface area contributed by atoms with Crippen molar-refractivity contribution in [1.29, 1.82) is 0 Å². The summed E-state index contributed by atoms with van der Waals surface area (Å²) in [7, 11) is 5.90. The number of fused-ring (bicyclic) bond motifs is 3. The summed E-state index contributed by atoms with van der Waals surface area (Å²) in [5, 5.41) is 28.5. The molecule has 0 unspecified atom stereocenters. The lowest BCUT2D eigenvalue weighted by atomic mass is 10.0. The van der Waals surface area contributed by atoms with Crippen LogP contribution >= 0.6 is 60.1 Å². The van der Waals surface area contributed by atoms with E-state index in [2.05, 4.69) is 60.0 Å². The first kappa shape index (κ1) is 80.1. The molecule has 35 heteroatoms. The molecule has 9 aliphatic rings. The lowest BCUT2D eigenvalue weighted by Gasteiger charge is -2.27. The molecule has 104 heavy (non-hydrogen) atoms. The van der Waals surface area contributed by atoms with Gasteiger partial charge in [0.2, 0.25) is 0 Å². The van der Waals surface area contributed by atoms with Gasteiger partial charge >= 0.3 is 18.5 Å². The summed E-state index contributed by atoms with van der Waals surface area (Å²) in [5.74, 6) is 6.98. The molecule has 15 rings (SSSR count). The van der Waals surface area contributed by atoms with Crippen molar-refractivity contribution in [3.63, 3.8) is 0 Å². The average Bonchev–Trinajstić information content (AvgIpc) is 1.64. The zero-order valence-electron chi connectivity index (χ0n) is 58.4. The van der Waals surface area contributed by atoms with E-state index >= 15 is 0 Å². The Hall–Kier alpha value is -4.88. The number of likely N-dealkylation sites (tertiary alicyclic amines) is 3. The van der Waals surface area contributed by atoms with Gasteiger partial charge < -0.3 is 71.5 Å². The van der Waals surface area contributed by atoms with Gasteiger partial charge in [0.15, 0.2) is 32.9 Å². The SMILES string of the molecule is Cl.Cl.Cn1c(SCCCN2C[C@@H]3CCN(c4ccc(C(F)(F)F)cc4)[C@@H]3C2)nnc1[C@@H]1COCCO1.Cn1c(SCCCN2C[C@@H]3CCN(c4ccc(C(F)(F)F)cc4)[C@@H]3C2)nnc1[C@H]1COCCO1.Cn1c(SCCCN2C[C@H]3CCN(c4ccc(C(F)(F)F)cc4)[C@H]3C2)nnc1[C@@H]1COCCO1. The molecule has 6 aromatic rings. The molecule has 3 aromatic heterocycles. The minimum Gasteiger partial charge on any atom is -0.376 e. The van der Waals surface area contributed by atoms with Gasteiger partial charge in [-0.3, -0.25) is 0 Å². The molecule has 0 aliphatic carbocycles. The van der Waals surface area contributed by atoms with Gasteiger partial charge in [-0.25, -0.2) is 0 Å². The van der Waals surface area contributed by atoms with Gasteiger partial charge in [0.05, 0.1) is 76.2 Å². The smallest absolute Gasteiger partial charge is 0.376 e. The summed E-state index contributed by atoms with van der Waals surface area (Å²) < 4.78 is 156. The monoisotopic (exact) mass is 1560 g/mol. The Morgan fingerprint density at radius 3 is 0.885 bits per heavy atom. The second-order valence-electron chi connectivity index (χ2n) is 27.4. The van der Waals surface area contributed by atoms with Gasteiger partial charge in [0, 0.05) is 132 Å². The fourth-order valence-corrected chi connectivity index (χ4v) is 18.2. The van der Waals surface area contributed by atoms with Crippen molar-refractivity contribution in [3.8, 4) is 0 Å². The first-order valence-electron chi connectivity index (χ1n) is 35.3. The van der Waals surface area contributed by atoms with Gasteiger partial charge in [-0.1, -0.05) is 35.3 Å². The molecule has 0 spiro atoms. The van der Waals surface area contributed by atoms with Crippen LogP contribution < -0.4 is 14.7 Å². The highest BCUT2D eigenvalue weighted by Gasteiger charge is 2.45. The molecule has 0 bridgehead atoms. The maximum Gasteiger partial charge on any atom is 0.416 e. The number of alkyl halides is 9. The minimum absolute atomic E-state index is 0. The third kappa shape index (κ3) is 19.6. The van der Waals surface area contributed by atoms with E-state index in [1.807, 2.05) is 34.8 Å². The maximum atomic E-state index is 12.9. The van der Waals surface area contributed by atoms with Crippen LogP contribution in [0.2, 0.25) is 0 Å². The number of thioether (sulfide) groups is 3. The molecule has 0 saturated carbocycles. The summed E-state index contributed by atoms with van der Waals surface area (Å²) in [6, 6.07) is 18.0. The number of rotatable bonds is 21. The van der Waals surface area contributed by atoms with Crippen LogP contribution in [0.4, 0.5) is 56.6 Å². The number of hydrogen-bond acceptors (Lipinski definition) is 21. The molecule has 21 nitrogen and oxygen atoms in total. The molecule has 12 heterocycles. The van der Waals surface area contributed by atoms with E-state index in [0.29, 0.717) is 95.3 Å². The molecule has 9 fully saturated rings.